The molecule has 30 heavy (non-hydrogen) atoms. The largest absolute Gasteiger partial charge is 0.452 e. The molecule has 0 bridgehead atoms. The Bertz CT molecular complexity index is 1220. The molecule has 0 aromatic heterocycles. The molecule has 0 saturated heterocycles. The van der Waals surface area contributed by atoms with Gasteiger partial charge in [-0.05, 0) is 66.6 Å². The van der Waals surface area contributed by atoms with Gasteiger partial charge < -0.3 is 9.47 Å². The predicted octanol–water partition coefficient (Wildman–Crippen LogP) is 6.28. The number of Topliss-reactive ketones (excluding diaryl/α,β-unsaturated/α-hetero) is 1. The first kappa shape index (κ1) is 20.1. The summed E-state index contributed by atoms with van der Waals surface area (Å²) in [5, 5.41) is 0.768. The lowest BCUT2D eigenvalue weighted by Crippen LogP contribution is -2.08. The second-order valence-electron chi connectivity index (χ2n) is 6.62. The summed E-state index contributed by atoms with van der Waals surface area (Å²) in [5.41, 5.74) is 1.84. The summed E-state index contributed by atoms with van der Waals surface area (Å²) in [6, 6.07) is 13.0. The van der Waals surface area contributed by atoms with Crippen LogP contribution >= 0.6 is 23.2 Å². The molecule has 1 aliphatic heterocycles. The van der Waals surface area contributed by atoms with Crippen LogP contribution in [0.15, 0.2) is 60.4 Å². The number of esters is 1. The number of hydrogen-bond acceptors (Lipinski definition) is 4. The van der Waals surface area contributed by atoms with Gasteiger partial charge in [0.15, 0.2) is 5.76 Å². The predicted molar refractivity (Wildman–Crippen MR) is 112 cm³/mol. The molecule has 1 aliphatic rings. The quantitative estimate of drug-likeness (QED) is 0.272. The van der Waals surface area contributed by atoms with Crippen molar-refractivity contribution in [3.8, 4) is 11.5 Å². The van der Waals surface area contributed by atoms with E-state index in [0.717, 1.165) is 0 Å². The molecule has 1 heterocycles. The smallest absolute Gasteiger partial charge is 0.343 e. The maximum atomic E-state index is 13.0. The topological polar surface area (TPSA) is 52.6 Å². The monoisotopic (exact) mass is 442 g/mol. The molecule has 0 fully saturated rings. The van der Waals surface area contributed by atoms with Crippen LogP contribution in [-0.4, -0.2) is 11.8 Å². The average Bonchev–Trinajstić information content (AvgIpc) is 3.01. The third kappa shape index (κ3) is 3.95. The minimum absolute atomic E-state index is 0.119. The first-order chi connectivity index (χ1) is 14.3. The van der Waals surface area contributed by atoms with Crippen molar-refractivity contribution in [1.29, 1.82) is 0 Å². The highest BCUT2D eigenvalue weighted by atomic mass is 35.5. The van der Waals surface area contributed by atoms with Crippen LogP contribution in [0.3, 0.4) is 0 Å². The third-order valence-corrected chi connectivity index (χ3v) is 5.21. The van der Waals surface area contributed by atoms with E-state index in [1.54, 1.807) is 37.3 Å². The normalized spacial score (nSPS) is 13.9. The van der Waals surface area contributed by atoms with E-state index in [-0.39, 0.29) is 28.6 Å². The van der Waals surface area contributed by atoms with Crippen LogP contribution < -0.4 is 9.47 Å². The summed E-state index contributed by atoms with van der Waals surface area (Å²) >= 11 is 11.9. The first-order valence-corrected chi connectivity index (χ1v) is 9.59. The van der Waals surface area contributed by atoms with Gasteiger partial charge in [-0.15, -0.1) is 0 Å². The van der Waals surface area contributed by atoms with Crippen LogP contribution in [0.4, 0.5) is 4.39 Å². The van der Waals surface area contributed by atoms with E-state index in [2.05, 4.69) is 0 Å². The van der Waals surface area contributed by atoms with E-state index < -0.39 is 11.8 Å². The number of carbonyl (C=O) groups is 2. The van der Waals surface area contributed by atoms with Crippen LogP contribution in [0.2, 0.25) is 10.0 Å². The van der Waals surface area contributed by atoms with Crippen LogP contribution in [0.25, 0.3) is 6.08 Å². The van der Waals surface area contributed by atoms with Crippen molar-refractivity contribution in [2.75, 3.05) is 0 Å². The standard InChI is InChI=1S/C23H13Cl2FO4/c1-12-8-16(29-23(28)14-3-5-15(26)6-4-14)11-19-21(12)22(27)20(30-19)10-13-2-7-17(24)18(25)9-13/h2-11H,1H3/b20-10-. The lowest BCUT2D eigenvalue weighted by molar-refractivity contribution is 0.0734. The van der Waals surface area contributed by atoms with Gasteiger partial charge in [-0.25, -0.2) is 9.18 Å². The Balaban J connectivity index is 1.60. The fraction of sp³-hybridized carbons (Fsp3) is 0.0435. The highest BCUT2D eigenvalue weighted by Crippen LogP contribution is 2.38. The van der Waals surface area contributed by atoms with Crippen molar-refractivity contribution in [3.05, 3.63) is 98.5 Å². The molecule has 0 spiro atoms. The van der Waals surface area contributed by atoms with Crippen molar-refractivity contribution in [3.63, 3.8) is 0 Å². The van der Waals surface area contributed by atoms with E-state index in [1.807, 2.05) is 0 Å². The number of allylic oxidation sites excluding steroid dienone is 1. The molecular weight excluding hydrogens is 430 g/mol. The number of carbonyl (C=O) groups excluding carboxylic acids is 2. The van der Waals surface area contributed by atoms with Crippen molar-refractivity contribution >= 4 is 41.0 Å². The van der Waals surface area contributed by atoms with Gasteiger partial charge in [0.1, 0.15) is 17.3 Å². The molecule has 0 atom stereocenters. The summed E-state index contributed by atoms with van der Waals surface area (Å²) in [5.74, 6) is -0.769. The van der Waals surface area contributed by atoms with Crippen LogP contribution in [0, 0.1) is 12.7 Å². The number of ether oxygens (including phenoxy) is 2. The van der Waals surface area contributed by atoms with E-state index in [0.29, 0.717) is 26.7 Å². The van der Waals surface area contributed by atoms with Crippen LogP contribution in [0.1, 0.15) is 31.8 Å². The van der Waals surface area contributed by atoms with Gasteiger partial charge in [-0.1, -0.05) is 29.3 Å². The minimum atomic E-state index is -0.648. The van der Waals surface area contributed by atoms with Crippen molar-refractivity contribution < 1.29 is 23.5 Å². The van der Waals surface area contributed by atoms with Gasteiger partial charge >= 0.3 is 5.97 Å². The molecule has 3 aromatic carbocycles. The van der Waals surface area contributed by atoms with E-state index >= 15 is 0 Å². The molecule has 3 aromatic rings. The molecular formula is C23H13Cl2FO4. The number of aryl methyl sites for hydroxylation is 1. The minimum Gasteiger partial charge on any atom is -0.452 e. The number of hydrogen-bond donors (Lipinski definition) is 0. The molecule has 0 unspecified atom stereocenters. The fourth-order valence-electron chi connectivity index (χ4n) is 3.04. The number of ketones is 1. The zero-order chi connectivity index (χ0) is 21.4. The Hall–Kier alpha value is -3.15. The van der Waals surface area contributed by atoms with Gasteiger partial charge in [0.05, 0.1) is 21.2 Å². The van der Waals surface area contributed by atoms with Crippen molar-refractivity contribution in [2.24, 2.45) is 0 Å². The second kappa shape index (κ2) is 7.94. The number of halogens is 3. The average molecular weight is 443 g/mol. The molecule has 0 saturated carbocycles. The molecule has 0 N–H and O–H groups in total. The molecule has 4 nitrogen and oxygen atoms in total. The Labute approximate surface area is 181 Å². The number of fused-ring (bicyclic) bond motifs is 1. The van der Waals surface area contributed by atoms with E-state index in [1.165, 1.54) is 30.3 Å². The first-order valence-electron chi connectivity index (χ1n) is 8.83. The van der Waals surface area contributed by atoms with E-state index in [9.17, 15) is 14.0 Å². The number of rotatable bonds is 3. The zero-order valence-corrected chi connectivity index (χ0v) is 17.1. The van der Waals surface area contributed by atoms with Crippen LogP contribution in [0.5, 0.6) is 11.5 Å². The van der Waals surface area contributed by atoms with Gasteiger partial charge in [-0.2, -0.15) is 0 Å². The van der Waals surface area contributed by atoms with Crippen molar-refractivity contribution in [2.45, 2.75) is 6.92 Å². The maximum absolute atomic E-state index is 13.0. The second-order valence-corrected chi connectivity index (χ2v) is 7.44. The summed E-state index contributed by atoms with van der Waals surface area (Å²) in [7, 11) is 0. The Kier molecular flexibility index (Phi) is 5.33. The summed E-state index contributed by atoms with van der Waals surface area (Å²) in [6.45, 7) is 1.72. The van der Waals surface area contributed by atoms with Gasteiger partial charge in [0.2, 0.25) is 5.78 Å². The molecule has 150 valence electrons. The van der Waals surface area contributed by atoms with Gasteiger partial charge in [0.25, 0.3) is 0 Å². The Morgan fingerprint density at radius 1 is 1.03 bits per heavy atom. The zero-order valence-electron chi connectivity index (χ0n) is 15.5. The fourth-order valence-corrected chi connectivity index (χ4v) is 3.35. The highest BCUT2D eigenvalue weighted by Gasteiger charge is 2.30. The molecule has 4 rings (SSSR count). The van der Waals surface area contributed by atoms with Gasteiger partial charge in [0, 0.05) is 6.07 Å². The van der Waals surface area contributed by atoms with Crippen molar-refractivity contribution in [1.82, 2.24) is 0 Å². The third-order valence-electron chi connectivity index (χ3n) is 4.48. The Morgan fingerprint density at radius 3 is 2.47 bits per heavy atom. The number of benzene rings is 3. The summed E-state index contributed by atoms with van der Waals surface area (Å²) in [6.07, 6.45) is 1.56. The lowest BCUT2D eigenvalue weighted by Gasteiger charge is -2.07. The molecule has 0 amide bonds. The molecule has 0 aliphatic carbocycles. The maximum Gasteiger partial charge on any atom is 0.343 e. The SMILES string of the molecule is Cc1cc(OC(=O)c2ccc(F)cc2)cc2c1C(=O)/C(=C/c1ccc(Cl)c(Cl)c1)O2. The van der Waals surface area contributed by atoms with E-state index in [4.69, 9.17) is 32.7 Å². The van der Waals surface area contributed by atoms with Gasteiger partial charge in [-0.3, -0.25) is 4.79 Å². The lowest BCUT2D eigenvalue weighted by atomic mass is 10.0. The van der Waals surface area contributed by atoms with Crippen LogP contribution in [-0.2, 0) is 0 Å². The summed E-state index contributed by atoms with van der Waals surface area (Å²) in [4.78, 5) is 25.0. The molecule has 7 heteroatoms. The highest BCUT2D eigenvalue weighted by molar-refractivity contribution is 6.42. The molecule has 0 radical (unpaired) electrons. The Morgan fingerprint density at radius 2 is 1.77 bits per heavy atom. The summed E-state index contributed by atoms with van der Waals surface area (Å²) < 4.78 is 24.1.